The van der Waals surface area contributed by atoms with Gasteiger partial charge in [-0.1, -0.05) is 0 Å². The fraction of sp³-hybridized carbons (Fsp3) is 0.478. The summed E-state index contributed by atoms with van der Waals surface area (Å²) in [6.45, 7) is -0.129. The Balaban J connectivity index is 1.96. The molecule has 1 aliphatic heterocycles. The molecule has 2 aliphatic rings. The molecule has 0 fully saturated rings. The van der Waals surface area contributed by atoms with E-state index in [0.29, 0.717) is 28.7 Å². The average Bonchev–Trinajstić information content (AvgIpc) is 3.27. The first-order valence-electron chi connectivity index (χ1n) is 10.1. The molecule has 0 radical (unpaired) electrons. The second kappa shape index (κ2) is 8.82. The van der Waals surface area contributed by atoms with E-state index in [9.17, 15) is 10.2 Å². The van der Waals surface area contributed by atoms with Crippen LogP contribution in [-0.4, -0.2) is 58.7 Å². The molecule has 0 aromatic heterocycles. The van der Waals surface area contributed by atoms with Crippen LogP contribution in [0.2, 0.25) is 0 Å². The number of rotatable bonds is 7. The molecule has 168 valence electrons. The molecule has 0 amide bonds. The van der Waals surface area contributed by atoms with Crippen molar-refractivity contribution in [1.82, 2.24) is 0 Å². The molecule has 4 atom stereocenters. The number of aliphatic hydroxyl groups is 2. The number of aliphatic hydroxyl groups excluding tert-OH is 2. The van der Waals surface area contributed by atoms with Crippen molar-refractivity contribution in [2.75, 3.05) is 48.4 Å². The third kappa shape index (κ3) is 3.44. The van der Waals surface area contributed by atoms with E-state index >= 15 is 0 Å². The molecule has 0 saturated carbocycles. The monoisotopic (exact) mass is 432 g/mol. The van der Waals surface area contributed by atoms with Crippen molar-refractivity contribution in [3.05, 3.63) is 41.0 Å². The van der Waals surface area contributed by atoms with Crippen LogP contribution in [-0.2, 0) is 4.74 Å². The molecular formula is C23H28O8. The van der Waals surface area contributed by atoms with Gasteiger partial charge in [0, 0.05) is 38.1 Å². The zero-order valence-corrected chi connectivity index (χ0v) is 18.1. The lowest BCUT2D eigenvalue weighted by molar-refractivity contribution is -0.0300. The molecule has 0 saturated heterocycles. The van der Waals surface area contributed by atoms with Gasteiger partial charge in [-0.3, -0.25) is 0 Å². The summed E-state index contributed by atoms with van der Waals surface area (Å²) in [6.07, 6.45) is -0.398. The third-order valence-electron chi connectivity index (χ3n) is 6.31. The largest absolute Gasteiger partial charge is 0.493 e. The number of benzene rings is 2. The summed E-state index contributed by atoms with van der Waals surface area (Å²) >= 11 is 0. The summed E-state index contributed by atoms with van der Waals surface area (Å²) < 4.78 is 33.6. The van der Waals surface area contributed by atoms with Crippen molar-refractivity contribution in [2.45, 2.75) is 12.0 Å². The Labute approximate surface area is 181 Å². The minimum atomic E-state index is -0.398. The molecule has 8 heteroatoms. The van der Waals surface area contributed by atoms with Gasteiger partial charge in [0.1, 0.15) is 0 Å². The second-order valence-corrected chi connectivity index (χ2v) is 7.62. The fourth-order valence-corrected chi connectivity index (χ4v) is 4.90. The average molecular weight is 432 g/mol. The lowest BCUT2D eigenvalue weighted by Crippen LogP contribution is -2.38. The van der Waals surface area contributed by atoms with E-state index in [2.05, 4.69) is 0 Å². The smallest absolute Gasteiger partial charge is 0.231 e. The summed E-state index contributed by atoms with van der Waals surface area (Å²) in [5.74, 6) is 1.90. The van der Waals surface area contributed by atoms with Crippen LogP contribution < -0.4 is 23.7 Å². The standard InChI is InChI=1S/C23H28O8/c1-26-19-5-12(6-20(27-2)23(19)29-4)21-13-7-17-18(31-11-30-17)8-14(13)22(28-3)16(10-25)15(21)9-24/h5-8,15-16,21-22,24-25H,9-11H2,1-4H3/t15-,16+,21-,22+/m1/s1. The molecule has 4 rings (SSSR count). The molecule has 2 N–H and O–H groups in total. The highest BCUT2D eigenvalue weighted by Crippen LogP contribution is 2.54. The summed E-state index contributed by atoms with van der Waals surface area (Å²) in [6, 6.07) is 7.61. The summed E-state index contributed by atoms with van der Waals surface area (Å²) in [4.78, 5) is 0. The quantitative estimate of drug-likeness (QED) is 0.689. The minimum absolute atomic E-state index is 0.139. The Bertz CT molecular complexity index is 918. The highest BCUT2D eigenvalue weighted by Gasteiger charge is 2.44. The molecule has 0 spiro atoms. The molecule has 2 aromatic carbocycles. The van der Waals surface area contributed by atoms with Crippen molar-refractivity contribution in [2.24, 2.45) is 11.8 Å². The van der Waals surface area contributed by atoms with Crippen LogP contribution in [0, 0.1) is 11.8 Å². The van der Waals surface area contributed by atoms with E-state index in [4.69, 9.17) is 28.4 Å². The lowest BCUT2D eigenvalue weighted by atomic mass is 9.65. The highest BCUT2D eigenvalue weighted by molar-refractivity contribution is 5.59. The molecule has 1 heterocycles. The number of fused-ring (bicyclic) bond motifs is 2. The van der Waals surface area contributed by atoms with Gasteiger partial charge >= 0.3 is 0 Å². The maximum atomic E-state index is 10.4. The highest BCUT2D eigenvalue weighted by atomic mass is 16.7. The van der Waals surface area contributed by atoms with E-state index in [1.54, 1.807) is 28.4 Å². The molecular weight excluding hydrogens is 404 g/mol. The first-order valence-corrected chi connectivity index (χ1v) is 10.1. The topological polar surface area (TPSA) is 95.8 Å². The van der Waals surface area contributed by atoms with Gasteiger partial charge in [0.2, 0.25) is 12.5 Å². The van der Waals surface area contributed by atoms with Crippen LogP contribution in [0.3, 0.4) is 0 Å². The van der Waals surface area contributed by atoms with Gasteiger partial charge in [-0.15, -0.1) is 0 Å². The van der Waals surface area contributed by atoms with Gasteiger partial charge in [0.25, 0.3) is 0 Å². The number of ether oxygens (including phenoxy) is 6. The van der Waals surface area contributed by atoms with Crippen molar-refractivity contribution in [1.29, 1.82) is 0 Å². The summed E-state index contributed by atoms with van der Waals surface area (Å²) in [5, 5.41) is 20.6. The van der Waals surface area contributed by atoms with Crippen molar-refractivity contribution in [3.8, 4) is 28.7 Å². The van der Waals surface area contributed by atoms with E-state index in [-0.39, 0.29) is 37.8 Å². The van der Waals surface area contributed by atoms with Crippen LogP contribution in [0.25, 0.3) is 0 Å². The van der Waals surface area contributed by atoms with Crippen LogP contribution in [0.15, 0.2) is 24.3 Å². The van der Waals surface area contributed by atoms with E-state index in [1.165, 1.54) is 0 Å². The Hall–Kier alpha value is -2.68. The van der Waals surface area contributed by atoms with Gasteiger partial charge in [-0.25, -0.2) is 0 Å². The molecule has 1 aliphatic carbocycles. The first kappa shape index (κ1) is 21.5. The maximum absolute atomic E-state index is 10.4. The van der Waals surface area contributed by atoms with Crippen LogP contribution >= 0.6 is 0 Å². The number of hydrogen-bond acceptors (Lipinski definition) is 8. The molecule has 0 bridgehead atoms. The van der Waals surface area contributed by atoms with Crippen LogP contribution in [0.5, 0.6) is 28.7 Å². The summed E-state index contributed by atoms with van der Waals surface area (Å²) in [5.41, 5.74) is 2.70. The normalized spacial score (nSPS) is 23.9. The van der Waals surface area contributed by atoms with E-state index in [1.807, 2.05) is 24.3 Å². The van der Waals surface area contributed by atoms with Gasteiger partial charge in [-0.05, 0) is 41.0 Å². The minimum Gasteiger partial charge on any atom is -0.493 e. The molecule has 0 unspecified atom stereocenters. The zero-order chi connectivity index (χ0) is 22.1. The van der Waals surface area contributed by atoms with Crippen LogP contribution in [0.1, 0.15) is 28.7 Å². The molecule has 8 nitrogen and oxygen atoms in total. The Kier molecular flexibility index (Phi) is 6.13. The molecule has 2 aromatic rings. The van der Waals surface area contributed by atoms with Gasteiger partial charge in [0.15, 0.2) is 23.0 Å². The van der Waals surface area contributed by atoms with Crippen molar-refractivity contribution in [3.63, 3.8) is 0 Å². The van der Waals surface area contributed by atoms with E-state index < -0.39 is 6.10 Å². The zero-order valence-electron chi connectivity index (χ0n) is 18.1. The predicted molar refractivity (Wildman–Crippen MR) is 111 cm³/mol. The number of hydrogen-bond donors (Lipinski definition) is 2. The predicted octanol–water partition coefficient (Wildman–Crippen LogP) is 2.49. The van der Waals surface area contributed by atoms with Crippen LogP contribution in [0.4, 0.5) is 0 Å². The fourth-order valence-electron chi connectivity index (χ4n) is 4.90. The maximum Gasteiger partial charge on any atom is 0.231 e. The Morgan fingerprint density at radius 2 is 1.39 bits per heavy atom. The summed E-state index contributed by atoms with van der Waals surface area (Å²) in [7, 11) is 6.29. The number of methoxy groups -OCH3 is 4. The molecule has 31 heavy (non-hydrogen) atoms. The van der Waals surface area contributed by atoms with Gasteiger partial charge < -0.3 is 38.6 Å². The van der Waals surface area contributed by atoms with Gasteiger partial charge in [0.05, 0.1) is 27.4 Å². The Morgan fingerprint density at radius 3 is 1.87 bits per heavy atom. The van der Waals surface area contributed by atoms with E-state index in [0.717, 1.165) is 16.7 Å². The Morgan fingerprint density at radius 1 is 0.806 bits per heavy atom. The van der Waals surface area contributed by atoms with Crippen molar-refractivity contribution < 1.29 is 38.6 Å². The lowest BCUT2D eigenvalue weighted by Gasteiger charge is -2.43. The second-order valence-electron chi connectivity index (χ2n) is 7.62. The van der Waals surface area contributed by atoms with Gasteiger partial charge in [-0.2, -0.15) is 0 Å². The SMILES string of the molecule is COc1cc([C@@H]2c3cc4c(cc3[C@H](OC)[C@@H](CO)[C@H]2CO)OCO4)cc(OC)c1OC. The third-order valence-corrected chi connectivity index (χ3v) is 6.31. The first-order chi connectivity index (χ1) is 15.1. The van der Waals surface area contributed by atoms with Crippen molar-refractivity contribution >= 4 is 0 Å².